The van der Waals surface area contributed by atoms with E-state index in [0.717, 1.165) is 10.1 Å². The van der Waals surface area contributed by atoms with Gasteiger partial charge in [-0.25, -0.2) is 0 Å². The molecule has 0 radical (unpaired) electrons. The van der Waals surface area contributed by atoms with Crippen LogP contribution < -0.4 is 4.90 Å². The molecule has 1 nitrogen and oxygen atoms in total. The molecule has 19 heavy (non-hydrogen) atoms. The van der Waals surface area contributed by atoms with Gasteiger partial charge in [0, 0.05) is 11.3 Å². The molecular formula is C16H15NS2. The molecule has 0 spiro atoms. The van der Waals surface area contributed by atoms with Gasteiger partial charge in [-0.3, -0.25) is 0 Å². The normalized spacial score (nSPS) is 14.4. The van der Waals surface area contributed by atoms with Crippen LogP contribution in [0, 0.1) is 13.8 Å². The average molecular weight is 285 g/mol. The van der Waals surface area contributed by atoms with E-state index in [-0.39, 0.29) is 0 Å². The standard InChI is InChI=1S/C16H15NS2/c1-11-6-5-9-14(12(11)2)17-10-19-16(18)13-7-3-4-8-15(13)17/h3-9H,10H2,1-2H3. The van der Waals surface area contributed by atoms with Gasteiger partial charge in [0.15, 0.2) is 0 Å². The summed E-state index contributed by atoms with van der Waals surface area (Å²) >= 11 is 7.19. The Morgan fingerprint density at radius 3 is 2.58 bits per heavy atom. The molecule has 2 aromatic carbocycles. The third-order valence-electron chi connectivity index (χ3n) is 3.61. The number of thiocarbonyl (C=S) groups is 1. The molecule has 0 N–H and O–H groups in total. The Morgan fingerprint density at radius 1 is 1.00 bits per heavy atom. The minimum Gasteiger partial charge on any atom is -0.330 e. The third-order valence-corrected chi connectivity index (χ3v) is 5.05. The number of hydrogen-bond acceptors (Lipinski definition) is 3. The molecule has 1 aliphatic rings. The van der Waals surface area contributed by atoms with Crippen LogP contribution in [0.5, 0.6) is 0 Å². The number of rotatable bonds is 1. The van der Waals surface area contributed by atoms with Crippen LogP contribution >= 0.6 is 24.0 Å². The first-order valence-electron chi connectivity index (χ1n) is 6.28. The fourth-order valence-corrected chi connectivity index (χ4v) is 3.56. The predicted molar refractivity (Wildman–Crippen MR) is 88.7 cm³/mol. The molecule has 3 rings (SSSR count). The summed E-state index contributed by atoms with van der Waals surface area (Å²) < 4.78 is 0.997. The van der Waals surface area contributed by atoms with Crippen molar-refractivity contribution in [3.63, 3.8) is 0 Å². The number of para-hydroxylation sites is 1. The van der Waals surface area contributed by atoms with E-state index < -0.39 is 0 Å². The van der Waals surface area contributed by atoms with Crippen LogP contribution in [-0.2, 0) is 0 Å². The zero-order chi connectivity index (χ0) is 13.4. The van der Waals surface area contributed by atoms with Crippen molar-refractivity contribution in [1.82, 2.24) is 0 Å². The van der Waals surface area contributed by atoms with Crippen LogP contribution in [0.3, 0.4) is 0 Å². The monoisotopic (exact) mass is 285 g/mol. The summed E-state index contributed by atoms with van der Waals surface area (Å²) in [4.78, 5) is 2.36. The summed E-state index contributed by atoms with van der Waals surface area (Å²) in [5.41, 5.74) is 6.34. The van der Waals surface area contributed by atoms with E-state index in [4.69, 9.17) is 12.2 Å². The highest BCUT2D eigenvalue weighted by molar-refractivity contribution is 8.23. The molecule has 0 saturated carbocycles. The lowest BCUT2D eigenvalue weighted by molar-refractivity contribution is 1.14. The Balaban J connectivity index is 2.15. The molecular weight excluding hydrogens is 270 g/mol. The van der Waals surface area contributed by atoms with Crippen molar-refractivity contribution in [2.24, 2.45) is 0 Å². The Morgan fingerprint density at radius 2 is 1.74 bits per heavy atom. The van der Waals surface area contributed by atoms with Gasteiger partial charge >= 0.3 is 0 Å². The Hall–Kier alpha value is -1.32. The van der Waals surface area contributed by atoms with E-state index in [1.165, 1.54) is 28.1 Å². The van der Waals surface area contributed by atoms with Gasteiger partial charge in [-0.2, -0.15) is 0 Å². The van der Waals surface area contributed by atoms with E-state index in [9.17, 15) is 0 Å². The summed E-state index contributed by atoms with van der Waals surface area (Å²) in [6.45, 7) is 4.34. The van der Waals surface area contributed by atoms with Gasteiger partial charge < -0.3 is 4.90 Å². The molecule has 0 amide bonds. The van der Waals surface area contributed by atoms with E-state index in [1.807, 2.05) is 0 Å². The van der Waals surface area contributed by atoms with E-state index in [2.05, 4.69) is 61.2 Å². The first kappa shape index (κ1) is 12.7. The maximum atomic E-state index is 5.46. The van der Waals surface area contributed by atoms with E-state index >= 15 is 0 Å². The summed E-state index contributed by atoms with van der Waals surface area (Å²) in [7, 11) is 0. The van der Waals surface area contributed by atoms with Crippen molar-refractivity contribution in [2.45, 2.75) is 13.8 Å². The second-order valence-electron chi connectivity index (χ2n) is 4.73. The molecule has 2 aromatic rings. The smallest absolute Gasteiger partial charge is 0.0816 e. The van der Waals surface area contributed by atoms with Gasteiger partial charge in [-0.1, -0.05) is 54.3 Å². The average Bonchev–Trinajstić information content (AvgIpc) is 2.43. The Labute approximate surface area is 123 Å². The second kappa shape index (κ2) is 4.99. The summed E-state index contributed by atoms with van der Waals surface area (Å²) in [5.74, 6) is 0.889. The SMILES string of the molecule is Cc1cccc(N2CSC(=S)c3ccccc32)c1C. The van der Waals surface area contributed by atoms with Crippen LogP contribution in [0.1, 0.15) is 16.7 Å². The molecule has 0 aromatic heterocycles. The lowest BCUT2D eigenvalue weighted by atomic mass is 10.1. The van der Waals surface area contributed by atoms with Crippen molar-refractivity contribution in [2.75, 3.05) is 10.8 Å². The molecule has 1 aliphatic heterocycles. The number of thioether (sulfide) groups is 1. The van der Waals surface area contributed by atoms with Crippen LogP contribution in [0.15, 0.2) is 42.5 Å². The molecule has 96 valence electrons. The minimum atomic E-state index is 0.889. The molecule has 0 aliphatic carbocycles. The Bertz CT molecular complexity index is 649. The van der Waals surface area contributed by atoms with Gasteiger partial charge in [0.2, 0.25) is 0 Å². The van der Waals surface area contributed by atoms with Gasteiger partial charge in [0.1, 0.15) is 0 Å². The van der Waals surface area contributed by atoms with Crippen LogP contribution in [0.2, 0.25) is 0 Å². The fourth-order valence-electron chi connectivity index (χ4n) is 2.38. The number of benzene rings is 2. The zero-order valence-electron chi connectivity index (χ0n) is 11.0. The van der Waals surface area contributed by atoms with Crippen LogP contribution in [0.4, 0.5) is 11.4 Å². The minimum absolute atomic E-state index is 0.889. The fraction of sp³-hybridized carbons (Fsp3) is 0.188. The third kappa shape index (κ3) is 2.17. The van der Waals surface area contributed by atoms with Crippen molar-refractivity contribution in [3.05, 3.63) is 59.2 Å². The molecule has 0 saturated heterocycles. The lowest BCUT2D eigenvalue weighted by Crippen LogP contribution is -2.24. The maximum Gasteiger partial charge on any atom is 0.0816 e. The Kier molecular flexibility index (Phi) is 3.33. The van der Waals surface area contributed by atoms with Crippen molar-refractivity contribution in [3.8, 4) is 0 Å². The maximum absolute atomic E-state index is 5.46. The largest absolute Gasteiger partial charge is 0.330 e. The van der Waals surface area contributed by atoms with Crippen LogP contribution in [0.25, 0.3) is 0 Å². The number of nitrogens with zero attached hydrogens (tertiary/aromatic N) is 1. The van der Waals surface area contributed by atoms with Crippen molar-refractivity contribution in [1.29, 1.82) is 0 Å². The van der Waals surface area contributed by atoms with Crippen molar-refractivity contribution < 1.29 is 0 Å². The van der Waals surface area contributed by atoms with Crippen molar-refractivity contribution >= 4 is 39.6 Å². The summed E-state index contributed by atoms with van der Waals surface area (Å²) in [6, 6.07) is 14.9. The highest BCUT2D eigenvalue weighted by atomic mass is 32.2. The number of aryl methyl sites for hydroxylation is 1. The molecule has 1 heterocycles. The molecule has 0 bridgehead atoms. The van der Waals surface area contributed by atoms with Crippen LogP contribution in [-0.4, -0.2) is 10.1 Å². The molecule has 3 heteroatoms. The quantitative estimate of drug-likeness (QED) is 0.691. The highest BCUT2D eigenvalue weighted by Gasteiger charge is 2.22. The number of anilines is 2. The van der Waals surface area contributed by atoms with Gasteiger partial charge in [-0.15, -0.1) is 0 Å². The number of fused-ring (bicyclic) bond motifs is 1. The highest BCUT2D eigenvalue weighted by Crippen LogP contribution is 2.39. The predicted octanol–water partition coefficient (Wildman–Crippen LogP) is 4.82. The first-order valence-corrected chi connectivity index (χ1v) is 7.68. The van der Waals surface area contributed by atoms with Gasteiger partial charge in [0.05, 0.1) is 15.8 Å². The molecule has 0 unspecified atom stereocenters. The summed E-state index contributed by atoms with van der Waals surface area (Å²) in [6.07, 6.45) is 0. The zero-order valence-corrected chi connectivity index (χ0v) is 12.6. The second-order valence-corrected chi connectivity index (χ2v) is 6.35. The molecule has 0 atom stereocenters. The first-order chi connectivity index (χ1) is 9.18. The van der Waals surface area contributed by atoms with Gasteiger partial charge in [-0.05, 0) is 37.1 Å². The van der Waals surface area contributed by atoms with Gasteiger partial charge in [0.25, 0.3) is 0 Å². The number of hydrogen-bond donors (Lipinski definition) is 0. The lowest BCUT2D eigenvalue weighted by Gasteiger charge is -2.32. The summed E-state index contributed by atoms with van der Waals surface area (Å²) in [5, 5.41) is 0. The topological polar surface area (TPSA) is 3.24 Å². The molecule has 0 fully saturated rings. The van der Waals surface area contributed by atoms with E-state index in [0.29, 0.717) is 0 Å². The van der Waals surface area contributed by atoms with E-state index in [1.54, 1.807) is 11.8 Å².